The quantitative estimate of drug-likeness (QED) is 0.661. The molecule has 0 spiro atoms. The summed E-state index contributed by atoms with van der Waals surface area (Å²) in [5.41, 5.74) is 1.39. The largest absolute Gasteiger partial charge is 0.396 e. The molecule has 0 saturated heterocycles. The van der Waals surface area contributed by atoms with Crippen LogP contribution in [0.3, 0.4) is 0 Å². The van der Waals surface area contributed by atoms with Crippen LogP contribution in [0.1, 0.15) is 31.7 Å². The van der Waals surface area contributed by atoms with E-state index in [2.05, 4.69) is 42.6 Å². The first-order valence-corrected chi connectivity index (χ1v) is 6.25. The van der Waals surface area contributed by atoms with Crippen LogP contribution in [0, 0.1) is 0 Å². The van der Waals surface area contributed by atoms with Gasteiger partial charge in [-0.3, -0.25) is 0 Å². The van der Waals surface area contributed by atoms with Crippen molar-refractivity contribution in [1.29, 1.82) is 0 Å². The van der Waals surface area contributed by atoms with E-state index < -0.39 is 0 Å². The van der Waals surface area contributed by atoms with Crippen molar-refractivity contribution in [3.05, 3.63) is 35.9 Å². The molecule has 1 rings (SSSR count). The predicted molar refractivity (Wildman–Crippen MR) is 68.5 cm³/mol. The molecule has 2 N–H and O–H groups in total. The molecule has 1 aromatic rings. The summed E-state index contributed by atoms with van der Waals surface area (Å²) in [4.78, 5) is 0. The molecule has 0 bridgehead atoms. The summed E-state index contributed by atoms with van der Waals surface area (Å²) < 4.78 is 0. The molecule has 0 fully saturated rings. The van der Waals surface area contributed by atoms with Crippen molar-refractivity contribution < 1.29 is 5.11 Å². The lowest BCUT2D eigenvalue weighted by molar-refractivity contribution is 0.282. The van der Waals surface area contributed by atoms with E-state index >= 15 is 0 Å². The highest BCUT2D eigenvalue weighted by atomic mass is 16.3. The number of hydrogen-bond donors (Lipinski definition) is 2. The Kier molecular flexibility index (Phi) is 6.86. The Morgan fingerprint density at radius 2 is 2.00 bits per heavy atom. The number of nitrogens with one attached hydrogen (secondary N) is 1. The summed E-state index contributed by atoms with van der Waals surface area (Å²) in [6, 6.07) is 11.1. The molecule has 2 heteroatoms. The van der Waals surface area contributed by atoms with Crippen molar-refractivity contribution in [3.63, 3.8) is 0 Å². The lowest BCUT2D eigenvalue weighted by Crippen LogP contribution is -2.32. The minimum absolute atomic E-state index is 0.275. The molecule has 0 aliphatic rings. The lowest BCUT2D eigenvalue weighted by atomic mass is 10.0. The highest BCUT2D eigenvalue weighted by Crippen LogP contribution is 2.07. The Morgan fingerprint density at radius 3 is 2.62 bits per heavy atom. The first-order valence-electron chi connectivity index (χ1n) is 6.25. The maximum absolute atomic E-state index is 8.76. The Balaban J connectivity index is 2.38. The summed E-state index contributed by atoms with van der Waals surface area (Å²) in [7, 11) is 0. The van der Waals surface area contributed by atoms with E-state index in [1.807, 2.05) is 0 Å². The van der Waals surface area contributed by atoms with Gasteiger partial charge >= 0.3 is 0 Å². The summed E-state index contributed by atoms with van der Waals surface area (Å²) >= 11 is 0. The molecule has 1 unspecified atom stereocenters. The molecule has 1 atom stereocenters. The van der Waals surface area contributed by atoms with Crippen LogP contribution in [-0.2, 0) is 6.42 Å². The number of aliphatic hydroxyl groups excluding tert-OH is 1. The first kappa shape index (κ1) is 13.2. The Labute approximate surface area is 98.7 Å². The molecular formula is C14H23NO. The van der Waals surface area contributed by atoms with Crippen LogP contribution in [0.5, 0.6) is 0 Å². The number of hydrogen-bond acceptors (Lipinski definition) is 2. The summed E-state index contributed by atoms with van der Waals surface area (Å²) in [5.74, 6) is 0. The van der Waals surface area contributed by atoms with Crippen LogP contribution >= 0.6 is 0 Å². The van der Waals surface area contributed by atoms with E-state index in [-0.39, 0.29) is 6.61 Å². The Morgan fingerprint density at radius 1 is 1.25 bits per heavy atom. The van der Waals surface area contributed by atoms with Crippen LogP contribution in [0.4, 0.5) is 0 Å². The van der Waals surface area contributed by atoms with Crippen LogP contribution in [0.15, 0.2) is 30.3 Å². The highest BCUT2D eigenvalue weighted by Gasteiger charge is 2.07. The fourth-order valence-electron chi connectivity index (χ4n) is 1.91. The maximum Gasteiger partial charge on any atom is 0.0443 e. The third-order valence-corrected chi connectivity index (χ3v) is 2.73. The molecule has 16 heavy (non-hydrogen) atoms. The summed E-state index contributed by atoms with van der Waals surface area (Å²) in [6.07, 6.45) is 4.32. The van der Waals surface area contributed by atoms with Crippen molar-refractivity contribution in [3.8, 4) is 0 Å². The van der Waals surface area contributed by atoms with Gasteiger partial charge in [0.25, 0.3) is 0 Å². The van der Waals surface area contributed by atoms with E-state index in [1.165, 1.54) is 18.4 Å². The van der Waals surface area contributed by atoms with Gasteiger partial charge in [-0.25, -0.2) is 0 Å². The van der Waals surface area contributed by atoms with Gasteiger partial charge in [-0.15, -0.1) is 0 Å². The van der Waals surface area contributed by atoms with Gasteiger partial charge in [-0.1, -0.05) is 43.7 Å². The normalized spacial score (nSPS) is 12.6. The van der Waals surface area contributed by atoms with E-state index in [0.717, 1.165) is 19.4 Å². The monoisotopic (exact) mass is 221 g/mol. The second kappa shape index (κ2) is 8.31. The van der Waals surface area contributed by atoms with Gasteiger partial charge in [-0.2, -0.15) is 0 Å². The van der Waals surface area contributed by atoms with Crippen molar-refractivity contribution in [1.82, 2.24) is 5.32 Å². The third-order valence-electron chi connectivity index (χ3n) is 2.73. The molecule has 0 radical (unpaired) electrons. The summed E-state index contributed by atoms with van der Waals surface area (Å²) in [5, 5.41) is 12.3. The third kappa shape index (κ3) is 5.29. The van der Waals surface area contributed by atoms with Crippen molar-refractivity contribution >= 4 is 0 Å². The molecular weight excluding hydrogens is 198 g/mol. The van der Waals surface area contributed by atoms with Gasteiger partial charge < -0.3 is 10.4 Å². The van der Waals surface area contributed by atoms with Gasteiger partial charge in [-0.05, 0) is 31.4 Å². The van der Waals surface area contributed by atoms with Gasteiger partial charge in [0.05, 0.1) is 0 Å². The highest BCUT2D eigenvalue weighted by molar-refractivity contribution is 5.15. The van der Waals surface area contributed by atoms with Crippen molar-refractivity contribution in [2.75, 3.05) is 13.2 Å². The zero-order valence-electron chi connectivity index (χ0n) is 10.2. The second-order valence-electron chi connectivity index (χ2n) is 4.21. The van der Waals surface area contributed by atoms with Crippen LogP contribution in [-0.4, -0.2) is 24.3 Å². The molecule has 0 heterocycles. The molecule has 0 amide bonds. The van der Waals surface area contributed by atoms with Gasteiger partial charge in [0.1, 0.15) is 0 Å². The fourth-order valence-corrected chi connectivity index (χ4v) is 1.91. The zero-order chi connectivity index (χ0) is 11.6. The molecule has 1 aromatic carbocycles. The van der Waals surface area contributed by atoms with Crippen LogP contribution < -0.4 is 5.32 Å². The van der Waals surface area contributed by atoms with Gasteiger partial charge in [0.2, 0.25) is 0 Å². The van der Waals surface area contributed by atoms with Crippen molar-refractivity contribution in [2.24, 2.45) is 0 Å². The maximum atomic E-state index is 8.76. The molecule has 90 valence electrons. The Bertz CT molecular complexity index is 261. The second-order valence-corrected chi connectivity index (χ2v) is 4.21. The standard InChI is InChI=1S/C14H23NO/c1-2-7-14(15-10-6-11-16)12-13-8-4-3-5-9-13/h3-5,8-9,14-16H,2,6-7,10-12H2,1H3. The van der Waals surface area contributed by atoms with E-state index in [1.54, 1.807) is 0 Å². The topological polar surface area (TPSA) is 32.3 Å². The summed E-state index contributed by atoms with van der Waals surface area (Å²) in [6.45, 7) is 3.40. The first-order chi connectivity index (χ1) is 7.86. The molecule has 0 aliphatic carbocycles. The number of aliphatic hydroxyl groups is 1. The predicted octanol–water partition coefficient (Wildman–Crippen LogP) is 2.37. The lowest BCUT2D eigenvalue weighted by Gasteiger charge is -2.18. The van der Waals surface area contributed by atoms with Crippen molar-refractivity contribution in [2.45, 2.75) is 38.6 Å². The zero-order valence-corrected chi connectivity index (χ0v) is 10.2. The molecule has 0 saturated carbocycles. The van der Waals surface area contributed by atoms with Gasteiger partial charge in [0.15, 0.2) is 0 Å². The smallest absolute Gasteiger partial charge is 0.0443 e. The molecule has 2 nitrogen and oxygen atoms in total. The average Bonchev–Trinajstić information content (AvgIpc) is 2.31. The average molecular weight is 221 g/mol. The number of benzene rings is 1. The van der Waals surface area contributed by atoms with E-state index in [4.69, 9.17) is 5.11 Å². The van der Waals surface area contributed by atoms with E-state index in [0.29, 0.717) is 6.04 Å². The van der Waals surface area contributed by atoms with Crippen LogP contribution in [0.2, 0.25) is 0 Å². The number of rotatable bonds is 8. The van der Waals surface area contributed by atoms with Crippen LogP contribution in [0.25, 0.3) is 0 Å². The SMILES string of the molecule is CCCC(Cc1ccccc1)NCCCO. The Hall–Kier alpha value is -0.860. The molecule has 0 aliphatic heterocycles. The van der Waals surface area contributed by atoms with Gasteiger partial charge in [0, 0.05) is 12.6 Å². The fraction of sp³-hybridized carbons (Fsp3) is 0.571. The minimum atomic E-state index is 0.275. The minimum Gasteiger partial charge on any atom is -0.396 e. The van der Waals surface area contributed by atoms with E-state index in [9.17, 15) is 0 Å². The molecule has 0 aromatic heterocycles.